The Bertz CT molecular complexity index is 492. The number of allylic oxidation sites excluding steroid dienone is 2. The van der Waals surface area contributed by atoms with Gasteiger partial charge in [0.1, 0.15) is 6.04 Å². The van der Waals surface area contributed by atoms with Crippen LogP contribution in [0.3, 0.4) is 0 Å². The minimum absolute atomic E-state index is 0. The van der Waals surface area contributed by atoms with E-state index in [0.717, 1.165) is 24.9 Å². The van der Waals surface area contributed by atoms with Crippen LogP contribution in [0.2, 0.25) is 0 Å². The van der Waals surface area contributed by atoms with Gasteiger partial charge in [-0.3, -0.25) is 14.5 Å². The molecule has 1 atom stereocenters. The van der Waals surface area contributed by atoms with Crippen molar-refractivity contribution < 1.29 is 58.6 Å². The molecule has 0 N–H and O–H groups in total. The van der Waals surface area contributed by atoms with E-state index in [9.17, 15) is 24.3 Å². The molecule has 0 radical (unpaired) electrons. The van der Waals surface area contributed by atoms with Gasteiger partial charge in [-0.2, -0.15) is 0 Å². The van der Waals surface area contributed by atoms with E-state index in [0.29, 0.717) is 25.7 Å². The van der Waals surface area contributed by atoms with Crippen LogP contribution in [0.5, 0.6) is 0 Å². The van der Waals surface area contributed by atoms with Gasteiger partial charge >= 0.3 is 35.5 Å². The molecule has 2 amide bonds. The van der Waals surface area contributed by atoms with Crippen molar-refractivity contribution in [1.82, 2.24) is 4.90 Å². The molecule has 8 heteroatoms. The summed E-state index contributed by atoms with van der Waals surface area (Å²) in [6.45, 7) is 7.19. The second-order valence-corrected chi connectivity index (χ2v) is 5.84. The van der Waals surface area contributed by atoms with Crippen LogP contribution in [0.4, 0.5) is 0 Å². The number of carboxylic acid groups (broad SMARTS) is 1. The van der Waals surface area contributed by atoms with Crippen LogP contribution in [-0.4, -0.2) is 41.8 Å². The minimum Gasteiger partial charge on any atom is -0.550 e. The van der Waals surface area contributed by atoms with Gasteiger partial charge in [-0.05, 0) is 38.5 Å². The first kappa shape index (κ1) is 27.8. The molecule has 0 bridgehead atoms. The maximum atomic E-state index is 12.5. The molecule has 0 aromatic rings. The summed E-state index contributed by atoms with van der Waals surface area (Å²) in [7, 11) is 1.08. The number of carbonyl (C=O) groups is 4. The largest absolute Gasteiger partial charge is 1.00 e. The molecule has 0 aromatic heterocycles. The van der Waals surface area contributed by atoms with E-state index in [1.54, 1.807) is 12.2 Å². The van der Waals surface area contributed by atoms with E-state index in [4.69, 9.17) is 0 Å². The SMILES string of the molecule is C=CCCCCC(=O)N(C(=O)CCCCC=C)C(CC(=O)[O-])C(=O)OC.[Na+]. The van der Waals surface area contributed by atoms with Gasteiger partial charge in [0.05, 0.1) is 7.11 Å². The number of hydrogen-bond acceptors (Lipinski definition) is 6. The minimum atomic E-state index is -1.54. The number of carboxylic acids is 1. The van der Waals surface area contributed by atoms with Gasteiger partial charge < -0.3 is 14.6 Å². The zero-order chi connectivity index (χ0) is 19.9. The Morgan fingerprint density at radius 3 is 1.74 bits per heavy atom. The van der Waals surface area contributed by atoms with Crippen molar-refractivity contribution in [2.75, 3.05) is 7.11 Å². The average Bonchev–Trinajstić information content (AvgIpc) is 2.60. The van der Waals surface area contributed by atoms with Crippen LogP contribution in [-0.2, 0) is 23.9 Å². The topological polar surface area (TPSA) is 104 Å². The summed E-state index contributed by atoms with van der Waals surface area (Å²) >= 11 is 0. The Kier molecular flexibility index (Phi) is 17.2. The maximum Gasteiger partial charge on any atom is 1.00 e. The van der Waals surface area contributed by atoms with Gasteiger partial charge in [-0.25, -0.2) is 4.79 Å². The number of ether oxygens (including phenoxy) is 1. The number of amides is 2. The summed E-state index contributed by atoms with van der Waals surface area (Å²) in [5, 5.41) is 11.0. The first-order valence-corrected chi connectivity index (χ1v) is 8.73. The summed E-state index contributed by atoms with van der Waals surface area (Å²) in [6.07, 6.45) is 6.60. The van der Waals surface area contributed by atoms with E-state index in [1.165, 1.54) is 0 Å². The normalized spacial score (nSPS) is 10.9. The second-order valence-electron chi connectivity index (χ2n) is 5.84. The van der Waals surface area contributed by atoms with Crippen molar-refractivity contribution in [3.8, 4) is 0 Å². The summed E-state index contributed by atoms with van der Waals surface area (Å²) in [5.41, 5.74) is 0. The third-order valence-corrected chi connectivity index (χ3v) is 3.78. The van der Waals surface area contributed by atoms with Crippen LogP contribution in [0.25, 0.3) is 0 Å². The molecule has 0 rings (SSSR count). The number of methoxy groups -OCH3 is 1. The molecule has 0 fully saturated rings. The van der Waals surface area contributed by atoms with E-state index < -0.39 is 36.2 Å². The van der Waals surface area contributed by atoms with Crippen molar-refractivity contribution in [3.05, 3.63) is 25.3 Å². The van der Waals surface area contributed by atoms with Crippen molar-refractivity contribution in [2.24, 2.45) is 0 Å². The van der Waals surface area contributed by atoms with E-state index in [1.807, 2.05) is 0 Å². The number of unbranched alkanes of at least 4 members (excludes halogenated alkanes) is 4. The number of carbonyl (C=O) groups excluding carboxylic acids is 4. The molecule has 0 saturated carbocycles. The summed E-state index contributed by atoms with van der Waals surface area (Å²) in [4.78, 5) is 48.7. The van der Waals surface area contributed by atoms with Gasteiger partial charge in [-0.15, -0.1) is 13.2 Å². The molecule has 0 spiro atoms. The van der Waals surface area contributed by atoms with Gasteiger partial charge in [0.25, 0.3) is 0 Å². The molecule has 0 saturated heterocycles. The van der Waals surface area contributed by atoms with Gasteiger partial charge in [0, 0.05) is 25.2 Å². The molecule has 1 unspecified atom stereocenters. The standard InChI is InChI=1S/C19H29NO6.Na/c1-4-6-8-10-12-16(21)20(17(22)13-11-9-7-5-2)15(14-18(23)24)19(25)26-3;/h4-5,15H,1-2,6-14H2,3H3,(H,23,24);/q;+1/p-1. The number of hydrogen-bond donors (Lipinski definition) is 0. The number of imide groups is 1. The van der Waals surface area contributed by atoms with Crippen LogP contribution in [0.15, 0.2) is 25.3 Å². The van der Waals surface area contributed by atoms with Crippen LogP contribution in [0, 0.1) is 0 Å². The first-order valence-electron chi connectivity index (χ1n) is 8.73. The maximum absolute atomic E-state index is 12.5. The smallest absolute Gasteiger partial charge is 0.550 e. The van der Waals surface area contributed by atoms with E-state index >= 15 is 0 Å². The average molecular weight is 389 g/mol. The molecule has 0 aliphatic carbocycles. The molecule has 146 valence electrons. The Morgan fingerprint density at radius 1 is 0.963 bits per heavy atom. The van der Waals surface area contributed by atoms with Crippen LogP contribution < -0.4 is 34.7 Å². The molecular formula is C19H28NNaO6. The number of esters is 1. The summed E-state index contributed by atoms with van der Waals surface area (Å²) in [6, 6.07) is -1.51. The molecule has 7 nitrogen and oxygen atoms in total. The van der Waals surface area contributed by atoms with E-state index in [-0.39, 0.29) is 42.4 Å². The fourth-order valence-electron chi connectivity index (χ4n) is 2.43. The van der Waals surface area contributed by atoms with Crippen molar-refractivity contribution in [1.29, 1.82) is 0 Å². The zero-order valence-corrected chi connectivity index (χ0v) is 18.4. The fraction of sp³-hybridized carbons (Fsp3) is 0.579. The number of nitrogens with zero attached hydrogens (tertiary/aromatic N) is 1. The fourth-order valence-corrected chi connectivity index (χ4v) is 2.43. The molecule has 0 aliphatic rings. The third-order valence-electron chi connectivity index (χ3n) is 3.78. The predicted octanol–water partition coefficient (Wildman–Crippen LogP) is -1.48. The molecule has 0 aromatic carbocycles. The van der Waals surface area contributed by atoms with Gasteiger partial charge in [0.2, 0.25) is 11.8 Å². The van der Waals surface area contributed by atoms with Crippen molar-refractivity contribution >= 4 is 23.8 Å². The monoisotopic (exact) mass is 389 g/mol. The molecule has 0 aliphatic heterocycles. The number of aliphatic carboxylic acids is 1. The Labute approximate surface area is 183 Å². The first-order chi connectivity index (χ1) is 12.4. The van der Waals surface area contributed by atoms with E-state index in [2.05, 4.69) is 17.9 Å². The van der Waals surface area contributed by atoms with Gasteiger partial charge in [0.15, 0.2) is 0 Å². The van der Waals surface area contributed by atoms with Crippen molar-refractivity contribution in [2.45, 2.75) is 63.8 Å². The second kappa shape index (κ2) is 16.7. The predicted molar refractivity (Wildman–Crippen MR) is 94.6 cm³/mol. The quantitative estimate of drug-likeness (QED) is 0.155. The Hall–Kier alpha value is -1.44. The molecular weight excluding hydrogens is 361 g/mol. The summed E-state index contributed by atoms with van der Waals surface area (Å²) < 4.78 is 4.58. The van der Waals surface area contributed by atoms with Crippen LogP contribution in [0.1, 0.15) is 57.8 Å². The van der Waals surface area contributed by atoms with Crippen molar-refractivity contribution in [3.63, 3.8) is 0 Å². The Balaban J connectivity index is 0. The molecule has 27 heavy (non-hydrogen) atoms. The Morgan fingerprint density at radius 2 is 1.41 bits per heavy atom. The zero-order valence-electron chi connectivity index (χ0n) is 16.4. The summed E-state index contributed by atoms with van der Waals surface area (Å²) in [5.74, 6) is -3.66. The van der Waals surface area contributed by atoms with Crippen LogP contribution >= 0.6 is 0 Å². The van der Waals surface area contributed by atoms with Gasteiger partial charge in [-0.1, -0.05) is 12.2 Å². The molecule has 0 heterocycles. The third kappa shape index (κ3) is 11.8. The number of rotatable bonds is 14.